The maximum absolute atomic E-state index is 11.7. The van der Waals surface area contributed by atoms with E-state index in [-0.39, 0.29) is 5.91 Å². The van der Waals surface area contributed by atoms with Gasteiger partial charge in [-0.2, -0.15) is 0 Å². The zero-order valence-electron chi connectivity index (χ0n) is 11.1. The van der Waals surface area contributed by atoms with Gasteiger partial charge in [0, 0.05) is 24.8 Å². The number of aryl methyl sites for hydroxylation is 1. The number of likely N-dealkylation sites (N-methyl/N-ethyl adjacent to an activating group) is 1. The molecule has 0 atom stereocenters. The van der Waals surface area contributed by atoms with Crippen molar-refractivity contribution in [3.63, 3.8) is 0 Å². The first kappa shape index (κ1) is 12.8. The van der Waals surface area contributed by atoms with Crippen molar-refractivity contribution >= 4 is 11.7 Å². The molecule has 1 aliphatic carbocycles. The van der Waals surface area contributed by atoms with Gasteiger partial charge < -0.3 is 10.2 Å². The fourth-order valence-corrected chi connectivity index (χ4v) is 2.14. The van der Waals surface area contributed by atoms with Gasteiger partial charge in [-0.3, -0.25) is 4.79 Å². The Morgan fingerprint density at radius 3 is 2.94 bits per heavy atom. The van der Waals surface area contributed by atoms with Gasteiger partial charge in [0.1, 0.15) is 12.1 Å². The molecule has 0 fully saturated rings. The summed E-state index contributed by atoms with van der Waals surface area (Å²) in [5, 5.41) is 3.15. The van der Waals surface area contributed by atoms with Crippen LogP contribution >= 0.6 is 0 Å². The lowest BCUT2D eigenvalue weighted by atomic mass is 9.96. The number of hydrogen-bond acceptors (Lipinski definition) is 4. The van der Waals surface area contributed by atoms with Crippen molar-refractivity contribution in [2.75, 3.05) is 25.5 Å². The van der Waals surface area contributed by atoms with Crippen molar-refractivity contribution in [2.24, 2.45) is 0 Å². The first-order valence-electron chi connectivity index (χ1n) is 6.53. The van der Waals surface area contributed by atoms with Gasteiger partial charge in [0.2, 0.25) is 5.91 Å². The van der Waals surface area contributed by atoms with Gasteiger partial charge in [0.15, 0.2) is 0 Å². The molecule has 0 radical (unpaired) electrons. The maximum Gasteiger partial charge on any atom is 0.241 e. The van der Waals surface area contributed by atoms with Crippen molar-refractivity contribution in [3.05, 3.63) is 17.6 Å². The van der Waals surface area contributed by atoms with Gasteiger partial charge in [-0.1, -0.05) is 0 Å². The molecule has 1 aliphatic rings. The first-order chi connectivity index (χ1) is 8.72. The Morgan fingerprint density at radius 2 is 2.17 bits per heavy atom. The van der Waals surface area contributed by atoms with E-state index < -0.39 is 0 Å². The van der Waals surface area contributed by atoms with E-state index in [0.29, 0.717) is 6.54 Å². The van der Waals surface area contributed by atoms with Crippen LogP contribution in [-0.4, -0.2) is 40.9 Å². The summed E-state index contributed by atoms with van der Waals surface area (Å²) in [5.74, 6) is 0.915. The number of aromatic nitrogens is 2. The summed E-state index contributed by atoms with van der Waals surface area (Å²) in [6.45, 7) is 2.99. The van der Waals surface area contributed by atoms with Crippen molar-refractivity contribution in [1.29, 1.82) is 0 Å². The Morgan fingerprint density at radius 1 is 1.39 bits per heavy atom. The topological polar surface area (TPSA) is 58.1 Å². The molecule has 0 saturated heterocycles. The molecule has 0 spiro atoms. The molecule has 5 heteroatoms. The fourth-order valence-electron chi connectivity index (χ4n) is 2.14. The lowest BCUT2D eigenvalue weighted by molar-refractivity contribution is -0.127. The van der Waals surface area contributed by atoms with E-state index in [1.807, 2.05) is 6.92 Å². The minimum atomic E-state index is 0.0840. The zero-order valence-corrected chi connectivity index (χ0v) is 11.1. The van der Waals surface area contributed by atoms with E-state index in [9.17, 15) is 4.79 Å². The molecule has 1 N–H and O–H groups in total. The quantitative estimate of drug-likeness (QED) is 0.871. The number of rotatable bonds is 4. The highest BCUT2D eigenvalue weighted by Crippen LogP contribution is 2.24. The number of fused-ring (bicyclic) bond motifs is 1. The third-order valence-electron chi connectivity index (χ3n) is 3.43. The number of carbonyl (C=O) groups excluding carboxylic acids is 1. The number of carbonyl (C=O) groups is 1. The molecule has 98 valence electrons. The summed E-state index contributed by atoms with van der Waals surface area (Å²) in [4.78, 5) is 22.0. The largest absolute Gasteiger partial charge is 0.361 e. The molecule has 2 rings (SSSR count). The maximum atomic E-state index is 11.7. The van der Waals surface area contributed by atoms with Crippen molar-refractivity contribution in [1.82, 2.24) is 14.9 Å². The van der Waals surface area contributed by atoms with Crippen LogP contribution in [0.4, 0.5) is 5.82 Å². The Labute approximate surface area is 108 Å². The van der Waals surface area contributed by atoms with Crippen LogP contribution in [0.1, 0.15) is 31.0 Å². The molecule has 1 aromatic rings. The van der Waals surface area contributed by atoms with E-state index >= 15 is 0 Å². The Balaban J connectivity index is 2.03. The Hall–Kier alpha value is -1.65. The van der Waals surface area contributed by atoms with Gasteiger partial charge >= 0.3 is 0 Å². The van der Waals surface area contributed by atoms with Gasteiger partial charge in [0.25, 0.3) is 0 Å². The van der Waals surface area contributed by atoms with Crippen molar-refractivity contribution in [3.8, 4) is 0 Å². The number of amides is 1. The van der Waals surface area contributed by atoms with E-state index in [2.05, 4.69) is 15.3 Å². The van der Waals surface area contributed by atoms with Crippen LogP contribution in [0.25, 0.3) is 0 Å². The second-order valence-corrected chi connectivity index (χ2v) is 4.62. The summed E-state index contributed by atoms with van der Waals surface area (Å²) in [6.07, 6.45) is 5.99. The molecule has 0 aromatic carbocycles. The highest BCUT2D eigenvalue weighted by Gasteiger charge is 2.16. The molecule has 5 nitrogen and oxygen atoms in total. The number of hydrogen-bond donors (Lipinski definition) is 1. The number of nitrogens with zero attached hydrogens (tertiary/aromatic N) is 3. The predicted molar refractivity (Wildman–Crippen MR) is 70.5 cm³/mol. The second kappa shape index (κ2) is 5.80. The molecular weight excluding hydrogens is 228 g/mol. The smallest absolute Gasteiger partial charge is 0.241 e. The summed E-state index contributed by atoms with van der Waals surface area (Å²) < 4.78 is 0. The summed E-state index contributed by atoms with van der Waals surface area (Å²) in [5.41, 5.74) is 2.32. The SMILES string of the molecule is CCN(C)C(=O)CNc1ncnc2c1CCCC2. The number of anilines is 1. The van der Waals surface area contributed by atoms with Gasteiger partial charge in [-0.15, -0.1) is 0 Å². The third kappa shape index (κ3) is 2.78. The first-order valence-corrected chi connectivity index (χ1v) is 6.53. The average molecular weight is 248 g/mol. The zero-order chi connectivity index (χ0) is 13.0. The molecule has 1 heterocycles. The van der Waals surface area contributed by atoms with Gasteiger partial charge in [0.05, 0.1) is 6.54 Å². The minimum absolute atomic E-state index is 0.0840. The van der Waals surface area contributed by atoms with E-state index in [1.165, 1.54) is 18.4 Å². The van der Waals surface area contributed by atoms with Crippen molar-refractivity contribution in [2.45, 2.75) is 32.6 Å². The van der Waals surface area contributed by atoms with E-state index in [4.69, 9.17) is 0 Å². The Kier molecular flexibility index (Phi) is 4.12. The monoisotopic (exact) mass is 248 g/mol. The Bertz CT molecular complexity index is 433. The van der Waals surface area contributed by atoms with Crippen LogP contribution in [0.3, 0.4) is 0 Å². The fraction of sp³-hybridized carbons (Fsp3) is 0.615. The normalized spacial score (nSPS) is 13.9. The van der Waals surface area contributed by atoms with Crippen LogP contribution in [0.2, 0.25) is 0 Å². The van der Waals surface area contributed by atoms with E-state index in [0.717, 1.165) is 30.9 Å². The van der Waals surface area contributed by atoms with E-state index in [1.54, 1.807) is 18.3 Å². The molecule has 1 aromatic heterocycles. The second-order valence-electron chi connectivity index (χ2n) is 4.62. The highest BCUT2D eigenvalue weighted by atomic mass is 16.2. The average Bonchev–Trinajstić information content (AvgIpc) is 2.43. The summed E-state index contributed by atoms with van der Waals surface area (Å²) in [6, 6.07) is 0. The van der Waals surface area contributed by atoms with Gasteiger partial charge in [-0.25, -0.2) is 9.97 Å². The number of nitrogens with one attached hydrogen (secondary N) is 1. The van der Waals surface area contributed by atoms with Crippen LogP contribution in [0.15, 0.2) is 6.33 Å². The molecule has 0 bridgehead atoms. The lowest BCUT2D eigenvalue weighted by Crippen LogP contribution is -2.32. The standard InChI is InChI=1S/C13H20N4O/c1-3-17(2)12(18)8-14-13-10-6-4-5-7-11(10)15-9-16-13/h9H,3-8H2,1-2H3,(H,14,15,16). The third-order valence-corrected chi connectivity index (χ3v) is 3.43. The van der Waals surface area contributed by atoms with Crippen LogP contribution in [0.5, 0.6) is 0 Å². The van der Waals surface area contributed by atoms with Crippen LogP contribution in [-0.2, 0) is 17.6 Å². The molecule has 0 saturated carbocycles. The lowest BCUT2D eigenvalue weighted by Gasteiger charge is -2.19. The molecule has 0 aliphatic heterocycles. The summed E-state index contributed by atoms with van der Waals surface area (Å²) in [7, 11) is 1.81. The summed E-state index contributed by atoms with van der Waals surface area (Å²) >= 11 is 0. The molecule has 1 amide bonds. The van der Waals surface area contributed by atoms with Crippen LogP contribution in [0, 0.1) is 0 Å². The molecule has 0 unspecified atom stereocenters. The van der Waals surface area contributed by atoms with Crippen molar-refractivity contribution < 1.29 is 4.79 Å². The molecular formula is C13H20N4O. The minimum Gasteiger partial charge on any atom is -0.361 e. The van der Waals surface area contributed by atoms with Crippen LogP contribution < -0.4 is 5.32 Å². The predicted octanol–water partition coefficient (Wildman–Crippen LogP) is 1.25. The molecule has 18 heavy (non-hydrogen) atoms. The van der Waals surface area contributed by atoms with Gasteiger partial charge in [-0.05, 0) is 32.6 Å². The highest BCUT2D eigenvalue weighted by molar-refractivity contribution is 5.80.